The van der Waals surface area contributed by atoms with Crippen molar-refractivity contribution in [1.82, 2.24) is 15.1 Å². The molecule has 0 saturated heterocycles. The van der Waals surface area contributed by atoms with Gasteiger partial charge in [-0.1, -0.05) is 12.1 Å². The smallest absolute Gasteiger partial charge is 0.119 e. The molecular weight excluding hydrogens is 250 g/mol. The van der Waals surface area contributed by atoms with Crippen LogP contribution in [-0.4, -0.2) is 16.9 Å². The standard InChI is InChI=1S/C16H23N3O/c1-12(2)19-11-14(10-18-19)9-17-13(3)15-6-5-7-16(8-15)20-4/h5-8,10-13,17H,9H2,1-4H3/t13-/m1/s1. The lowest BCUT2D eigenvalue weighted by Gasteiger charge is -2.14. The third-order valence-corrected chi connectivity index (χ3v) is 3.39. The average Bonchev–Trinajstić information content (AvgIpc) is 2.94. The van der Waals surface area contributed by atoms with Crippen LogP contribution in [0.25, 0.3) is 0 Å². The second-order valence-electron chi connectivity index (χ2n) is 5.30. The van der Waals surface area contributed by atoms with Crippen molar-refractivity contribution in [3.8, 4) is 5.75 Å². The quantitative estimate of drug-likeness (QED) is 0.877. The number of hydrogen-bond donors (Lipinski definition) is 1. The first-order chi connectivity index (χ1) is 9.60. The van der Waals surface area contributed by atoms with E-state index in [9.17, 15) is 0 Å². The maximum Gasteiger partial charge on any atom is 0.119 e. The molecule has 4 heteroatoms. The van der Waals surface area contributed by atoms with Gasteiger partial charge in [0.15, 0.2) is 0 Å². The Morgan fingerprint density at radius 3 is 2.75 bits per heavy atom. The molecule has 0 saturated carbocycles. The Labute approximate surface area is 120 Å². The summed E-state index contributed by atoms with van der Waals surface area (Å²) < 4.78 is 7.24. The molecule has 1 aromatic heterocycles. The Bertz CT molecular complexity index is 548. The van der Waals surface area contributed by atoms with Crippen molar-refractivity contribution >= 4 is 0 Å². The number of aromatic nitrogens is 2. The lowest BCUT2D eigenvalue weighted by Crippen LogP contribution is -2.17. The highest BCUT2D eigenvalue weighted by molar-refractivity contribution is 5.30. The van der Waals surface area contributed by atoms with Crippen molar-refractivity contribution in [2.24, 2.45) is 0 Å². The van der Waals surface area contributed by atoms with Crippen LogP contribution in [0, 0.1) is 0 Å². The molecule has 4 nitrogen and oxygen atoms in total. The van der Waals surface area contributed by atoms with Crippen LogP contribution < -0.4 is 10.1 Å². The summed E-state index contributed by atoms with van der Waals surface area (Å²) >= 11 is 0. The zero-order chi connectivity index (χ0) is 14.5. The number of hydrogen-bond acceptors (Lipinski definition) is 3. The summed E-state index contributed by atoms with van der Waals surface area (Å²) in [5, 5.41) is 7.86. The third kappa shape index (κ3) is 3.61. The van der Waals surface area contributed by atoms with Crippen molar-refractivity contribution in [3.05, 3.63) is 47.8 Å². The number of nitrogens with zero attached hydrogens (tertiary/aromatic N) is 2. The van der Waals surface area contributed by atoms with Gasteiger partial charge in [-0.05, 0) is 38.5 Å². The van der Waals surface area contributed by atoms with Crippen molar-refractivity contribution in [1.29, 1.82) is 0 Å². The fourth-order valence-electron chi connectivity index (χ4n) is 2.05. The number of benzene rings is 1. The van der Waals surface area contributed by atoms with Gasteiger partial charge in [0.2, 0.25) is 0 Å². The summed E-state index contributed by atoms with van der Waals surface area (Å²) in [6, 6.07) is 8.82. The Hall–Kier alpha value is -1.81. The first kappa shape index (κ1) is 14.6. The number of rotatable bonds is 6. The van der Waals surface area contributed by atoms with E-state index in [1.165, 1.54) is 11.1 Å². The van der Waals surface area contributed by atoms with E-state index in [1.54, 1.807) is 7.11 Å². The summed E-state index contributed by atoms with van der Waals surface area (Å²) in [5.74, 6) is 0.892. The monoisotopic (exact) mass is 273 g/mol. The first-order valence-electron chi connectivity index (χ1n) is 7.00. The largest absolute Gasteiger partial charge is 0.497 e. The minimum atomic E-state index is 0.271. The van der Waals surface area contributed by atoms with E-state index in [0.29, 0.717) is 6.04 Å². The van der Waals surface area contributed by atoms with Crippen LogP contribution in [0.2, 0.25) is 0 Å². The van der Waals surface area contributed by atoms with E-state index < -0.39 is 0 Å². The normalized spacial score (nSPS) is 12.7. The van der Waals surface area contributed by atoms with Crippen LogP contribution in [0.1, 0.15) is 44.0 Å². The molecule has 0 fully saturated rings. The van der Waals surface area contributed by atoms with Gasteiger partial charge < -0.3 is 10.1 Å². The molecule has 0 amide bonds. The molecule has 108 valence electrons. The van der Waals surface area contributed by atoms with Gasteiger partial charge >= 0.3 is 0 Å². The SMILES string of the molecule is COc1cccc([C@@H](C)NCc2cnn(C(C)C)c2)c1. The Balaban J connectivity index is 1.95. The zero-order valence-corrected chi connectivity index (χ0v) is 12.6. The van der Waals surface area contributed by atoms with Gasteiger partial charge in [0.1, 0.15) is 5.75 Å². The number of methoxy groups -OCH3 is 1. The Morgan fingerprint density at radius 2 is 2.10 bits per heavy atom. The van der Waals surface area contributed by atoms with E-state index >= 15 is 0 Å². The lowest BCUT2D eigenvalue weighted by molar-refractivity contribution is 0.413. The molecule has 0 aliphatic heterocycles. The van der Waals surface area contributed by atoms with Gasteiger partial charge in [-0.2, -0.15) is 5.10 Å². The fraction of sp³-hybridized carbons (Fsp3) is 0.438. The zero-order valence-electron chi connectivity index (χ0n) is 12.6. The molecular formula is C16H23N3O. The second kappa shape index (κ2) is 6.57. The van der Waals surface area contributed by atoms with E-state index in [-0.39, 0.29) is 6.04 Å². The van der Waals surface area contributed by atoms with Gasteiger partial charge in [-0.3, -0.25) is 4.68 Å². The lowest BCUT2D eigenvalue weighted by atomic mass is 10.1. The van der Waals surface area contributed by atoms with Gasteiger partial charge in [0, 0.05) is 30.4 Å². The Morgan fingerprint density at radius 1 is 1.30 bits per heavy atom. The predicted octanol–water partition coefficient (Wildman–Crippen LogP) is 3.32. The molecule has 0 spiro atoms. The molecule has 1 atom stereocenters. The predicted molar refractivity (Wildman–Crippen MR) is 80.9 cm³/mol. The summed E-state index contributed by atoms with van der Waals surface area (Å²) in [5.41, 5.74) is 2.43. The van der Waals surface area contributed by atoms with Gasteiger partial charge in [-0.25, -0.2) is 0 Å². The van der Waals surface area contributed by atoms with Crippen molar-refractivity contribution < 1.29 is 4.74 Å². The van der Waals surface area contributed by atoms with E-state index in [0.717, 1.165) is 12.3 Å². The molecule has 0 aliphatic rings. The molecule has 2 aromatic rings. The van der Waals surface area contributed by atoms with Crippen LogP contribution in [0.4, 0.5) is 0 Å². The number of nitrogens with one attached hydrogen (secondary N) is 1. The van der Waals surface area contributed by atoms with Crippen molar-refractivity contribution in [2.45, 2.75) is 39.4 Å². The summed E-state index contributed by atoms with van der Waals surface area (Å²) in [4.78, 5) is 0. The maximum atomic E-state index is 5.26. The summed E-state index contributed by atoms with van der Waals surface area (Å²) in [7, 11) is 1.69. The van der Waals surface area contributed by atoms with Gasteiger partial charge in [0.05, 0.1) is 13.3 Å². The van der Waals surface area contributed by atoms with E-state index in [2.05, 4.69) is 49.5 Å². The molecule has 1 aromatic carbocycles. The maximum absolute atomic E-state index is 5.26. The molecule has 0 aliphatic carbocycles. The van der Waals surface area contributed by atoms with Crippen molar-refractivity contribution in [2.75, 3.05) is 7.11 Å². The molecule has 0 radical (unpaired) electrons. The van der Waals surface area contributed by atoms with Crippen LogP contribution in [0.15, 0.2) is 36.7 Å². The first-order valence-corrected chi connectivity index (χ1v) is 7.00. The van der Waals surface area contributed by atoms with Gasteiger partial charge in [0.25, 0.3) is 0 Å². The van der Waals surface area contributed by atoms with E-state index in [1.807, 2.05) is 23.0 Å². The average molecular weight is 273 g/mol. The highest BCUT2D eigenvalue weighted by atomic mass is 16.5. The third-order valence-electron chi connectivity index (χ3n) is 3.39. The number of ether oxygens (including phenoxy) is 1. The molecule has 1 heterocycles. The molecule has 20 heavy (non-hydrogen) atoms. The Kier molecular flexibility index (Phi) is 4.79. The van der Waals surface area contributed by atoms with Crippen LogP contribution >= 0.6 is 0 Å². The topological polar surface area (TPSA) is 39.1 Å². The van der Waals surface area contributed by atoms with Crippen LogP contribution in [-0.2, 0) is 6.54 Å². The van der Waals surface area contributed by atoms with Crippen LogP contribution in [0.3, 0.4) is 0 Å². The van der Waals surface area contributed by atoms with Crippen molar-refractivity contribution in [3.63, 3.8) is 0 Å². The highest BCUT2D eigenvalue weighted by Crippen LogP contribution is 2.19. The second-order valence-corrected chi connectivity index (χ2v) is 5.30. The minimum absolute atomic E-state index is 0.271. The van der Waals surface area contributed by atoms with Gasteiger partial charge in [-0.15, -0.1) is 0 Å². The highest BCUT2D eigenvalue weighted by Gasteiger charge is 2.07. The van der Waals surface area contributed by atoms with Crippen LogP contribution in [0.5, 0.6) is 5.75 Å². The molecule has 0 bridgehead atoms. The summed E-state index contributed by atoms with van der Waals surface area (Å²) in [6.07, 6.45) is 4.02. The molecule has 1 N–H and O–H groups in total. The fourth-order valence-corrected chi connectivity index (χ4v) is 2.05. The minimum Gasteiger partial charge on any atom is -0.497 e. The van der Waals surface area contributed by atoms with E-state index in [4.69, 9.17) is 4.74 Å². The molecule has 2 rings (SSSR count). The molecule has 0 unspecified atom stereocenters. The summed E-state index contributed by atoms with van der Waals surface area (Å²) in [6.45, 7) is 7.22.